The van der Waals surface area contributed by atoms with Gasteiger partial charge in [-0.05, 0) is 36.4 Å². The second kappa shape index (κ2) is 7.45. The molecular formula is C21H18N2O2. The van der Waals surface area contributed by atoms with Crippen molar-refractivity contribution in [2.75, 3.05) is 16.8 Å². The summed E-state index contributed by atoms with van der Waals surface area (Å²) in [5.74, 6) is -1.21. The summed E-state index contributed by atoms with van der Waals surface area (Å²) in [6.07, 6.45) is 0. The predicted octanol–water partition coefficient (Wildman–Crippen LogP) is 4.01. The van der Waals surface area contributed by atoms with E-state index in [2.05, 4.69) is 0 Å². The summed E-state index contributed by atoms with van der Waals surface area (Å²) in [5.41, 5.74) is 1.96. The number of hydrogen-bond acceptors (Lipinski definition) is 2. The number of likely N-dealkylation sites (N-methyl/N-ethyl adjacent to an activating group) is 1. The molecule has 0 aliphatic rings. The maximum atomic E-state index is 13.0. The molecule has 4 nitrogen and oxygen atoms in total. The van der Waals surface area contributed by atoms with Gasteiger partial charge in [0.2, 0.25) is 0 Å². The van der Waals surface area contributed by atoms with E-state index >= 15 is 0 Å². The van der Waals surface area contributed by atoms with Crippen molar-refractivity contribution in [3.05, 3.63) is 91.0 Å². The predicted molar refractivity (Wildman–Crippen MR) is 99.9 cm³/mol. The molecule has 3 rings (SSSR count). The highest BCUT2D eigenvalue weighted by atomic mass is 16.2. The lowest BCUT2D eigenvalue weighted by molar-refractivity contribution is -0.135. The van der Waals surface area contributed by atoms with Gasteiger partial charge in [-0.25, -0.2) is 0 Å². The fourth-order valence-corrected chi connectivity index (χ4v) is 2.55. The van der Waals surface area contributed by atoms with Crippen molar-refractivity contribution in [1.29, 1.82) is 0 Å². The Hall–Kier alpha value is -3.40. The molecular weight excluding hydrogens is 312 g/mol. The van der Waals surface area contributed by atoms with E-state index in [4.69, 9.17) is 0 Å². The zero-order valence-corrected chi connectivity index (χ0v) is 13.9. The number of rotatable bonds is 3. The molecule has 124 valence electrons. The molecule has 4 heteroatoms. The number of hydrogen-bond donors (Lipinski definition) is 0. The lowest BCUT2D eigenvalue weighted by Crippen LogP contribution is -2.42. The molecule has 0 bridgehead atoms. The van der Waals surface area contributed by atoms with Crippen LogP contribution in [0.4, 0.5) is 17.1 Å². The Kier molecular flexibility index (Phi) is 4.90. The molecule has 0 heterocycles. The zero-order chi connectivity index (χ0) is 17.6. The first-order chi connectivity index (χ1) is 12.2. The van der Waals surface area contributed by atoms with Crippen molar-refractivity contribution in [3.8, 4) is 0 Å². The number of para-hydroxylation sites is 3. The van der Waals surface area contributed by atoms with Crippen LogP contribution >= 0.6 is 0 Å². The lowest BCUT2D eigenvalue weighted by atomic mass is 10.2. The van der Waals surface area contributed by atoms with Gasteiger partial charge in [0, 0.05) is 24.1 Å². The maximum Gasteiger partial charge on any atom is 0.321 e. The van der Waals surface area contributed by atoms with Crippen molar-refractivity contribution < 1.29 is 9.59 Å². The Morgan fingerprint density at radius 2 is 0.920 bits per heavy atom. The second-order valence-corrected chi connectivity index (χ2v) is 5.51. The lowest BCUT2D eigenvalue weighted by Gasteiger charge is -2.25. The highest BCUT2D eigenvalue weighted by molar-refractivity contribution is 6.46. The third-order valence-corrected chi connectivity index (χ3v) is 3.86. The third-order valence-electron chi connectivity index (χ3n) is 3.86. The van der Waals surface area contributed by atoms with E-state index in [1.807, 2.05) is 54.6 Å². The number of amides is 2. The molecule has 0 saturated heterocycles. The van der Waals surface area contributed by atoms with Gasteiger partial charge in [0.25, 0.3) is 0 Å². The van der Waals surface area contributed by atoms with Crippen LogP contribution in [-0.2, 0) is 9.59 Å². The molecule has 25 heavy (non-hydrogen) atoms. The van der Waals surface area contributed by atoms with Crippen LogP contribution in [0.2, 0.25) is 0 Å². The molecule has 0 fully saturated rings. The van der Waals surface area contributed by atoms with Crippen molar-refractivity contribution in [2.24, 2.45) is 0 Å². The van der Waals surface area contributed by atoms with E-state index in [0.29, 0.717) is 17.1 Å². The Bertz CT molecular complexity index is 809. The molecule has 0 saturated carbocycles. The largest absolute Gasteiger partial charge is 0.321 e. The van der Waals surface area contributed by atoms with E-state index in [9.17, 15) is 9.59 Å². The molecule has 0 aliphatic heterocycles. The Balaban J connectivity index is 1.96. The fraction of sp³-hybridized carbons (Fsp3) is 0.0476. The van der Waals surface area contributed by atoms with Crippen LogP contribution in [0.3, 0.4) is 0 Å². The van der Waals surface area contributed by atoms with Gasteiger partial charge >= 0.3 is 11.8 Å². The normalized spacial score (nSPS) is 10.1. The average Bonchev–Trinajstić information content (AvgIpc) is 2.69. The molecule has 0 aromatic heterocycles. The number of carbonyl (C=O) groups is 2. The molecule has 3 aromatic rings. The van der Waals surface area contributed by atoms with Crippen molar-refractivity contribution >= 4 is 28.9 Å². The van der Waals surface area contributed by atoms with Crippen LogP contribution < -0.4 is 9.80 Å². The summed E-state index contributed by atoms with van der Waals surface area (Å²) >= 11 is 0. The number of carbonyl (C=O) groups excluding carboxylic acids is 2. The smallest absolute Gasteiger partial charge is 0.307 e. The van der Waals surface area contributed by atoms with E-state index in [0.717, 1.165) is 0 Å². The molecule has 3 aromatic carbocycles. The summed E-state index contributed by atoms with van der Waals surface area (Å²) in [7, 11) is 1.60. The minimum absolute atomic E-state index is 0.598. The quantitative estimate of drug-likeness (QED) is 0.681. The molecule has 0 aliphatic carbocycles. The highest BCUT2D eigenvalue weighted by Crippen LogP contribution is 2.26. The first-order valence-electron chi connectivity index (χ1n) is 7.96. The van der Waals surface area contributed by atoms with Gasteiger partial charge in [-0.2, -0.15) is 0 Å². The van der Waals surface area contributed by atoms with Crippen LogP contribution in [0.25, 0.3) is 0 Å². The van der Waals surface area contributed by atoms with Gasteiger partial charge in [-0.15, -0.1) is 0 Å². The van der Waals surface area contributed by atoms with Crippen LogP contribution in [0, 0.1) is 0 Å². The molecule has 0 atom stereocenters. The fourth-order valence-electron chi connectivity index (χ4n) is 2.55. The van der Waals surface area contributed by atoms with Gasteiger partial charge < -0.3 is 4.90 Å². The number of nitrogens with zero attached hydrogens (tertiary/aromatic N) is 2. The van der Waals surface area contributed by atoms with Gasteiger partial charge in [0.1, 0.15) is 0 Å². The maximum absolute atomic E-state index is 13.0. The SMILES string of the molecule is CN(C(=O)C(=O)N(c1ccccc1)c1ccccc1)c1ccccc1. The monoisotopic (exact) mass is 330 g/mol. The average molecular weight is 330 g/mol. The van der Waals surface area contributed by atoms with E-state index in [1.165, 1.54) is 9.80 Å². The van der Waals surface area contributed by atoms with Crippen LogP contribution in [0.1, 0.15) is 0 Å². The summed E-state index contributed by atoms with van der Waals surface area (Å²) in [5, 5.41) is 0. The summed E-state index contributed by atoms with van der Waals surface area (Å²) in [6.45, 7) is 0. The minimum Gasteiger partial charge on any atom is -0.307 e. The third kappa shape index (κ3) is 3.58. The first kappa shape index (κ1) is 16.5. The first-order valence-corrected chi connectivity index (χ1v) is 7.96. The summed E-state index contributed by atoms with van der Waals surface area (Å²) in [6, 6.07) is 27.4. The Morgan fingerprint density at radius 3 is 1.32 bits per heavy atom. The molecule has 2 amide bonds. The number of benzene rings is 3. The molecule has 0 radical (unpaired) electrons. The zero-order valence-electron chi connectivity index (χ0n) is 13.9. The van der Waals surface area contributed by atoms with Crippen molar-refractivity contribution in [1.82, 2.24) is 0 Å². The second-order valence-electron chi connectivity index (χ2n) is 5.51. The van der Waals surface area contributed by atoms with E-state index in [-0.39, 0.29) is 0 Å². The summed E-state index contributed by atoms with van der Waals surface area (Å²) in [4.78, 5) is 28.6. The van der Waals surface area contributed by atoms with Gasteiger partial charge in [0.15, 0.2) is 0 Å². The van der Waals surface area contributed by atoms with Gasteiger partial charge in [-0.3, -0.25) is 14.5 Å². The topological polar surface area (TPSA) is 40.6 Å². The van der Waals surface area contributed by atoms with Crippen molar-refractivity contribution in [3.63, 3.8) is 0 Å². The summed E-state index contributed by atoms with van der Waals surface area (Å²) < 4.78 is 0. The molecule has 0 N–H and O–H groups in total. The number of anilines is 3. The van der Waals surface area contributed by atoms with Crippen LogP contribution in [0.5, 0.6) is 0 Å². The minimum atomic E-state index is -0.608. The Morgan fingerprint density at radius 1 is 0.560 bits per heavy atom. The standard InChI is InChI=1S/C21H18N2O2/c1-22(17-11-5-2-6-12-17)20(24)21(25)23(18-13-7-3-8-14-18)19-15-9-4-10-16-19/h2-16H,1H3. The Labute approximate surface area is 146 Å². The van der Waals surface area contributed by atoms with Gasteiger partial charge in [0.05, 0.1) is 0 Å². The van der Waals surface area contributed by atoms with Gasteiger partial charge in [-0.1, -0.05) is 54.6 Å². The molecule has 0 spiro atoms. The van der Waals surface area contributed by atoms with E-state index in [1.54, 1.807) is 43.4 Å². The van der Waals surface area contributed by atoms with Crippen LogP contribution in [0.15, 0.2) is 91.0 Å². The molecule has 0 unspecified atom stereocenters. The van der Waals surface area contributed by atoms with E-state index < -0.39 is 11.8 Å². The highest BCUT2D eigenvalue weighted by Gasteiger charge is 2.28. The van der Waals surface area contributed by atoms with Crippen LogP contribution in [-0.4, -0.2) is 18.9 Å². The van der Waals surface area contributed by atoms with Crippen molar-refractivity contribution in [2.45, 2.75) is 0 Å².